The number of hydrogen-bond donors (Lipinski definition) is 1. The van der Waals surface area contributed by atoms with E-state index in [1.165, 1.54) is 30.5 Å². The van der Waals surface area contributed by atoms with Gasteiger partial charge in [-0.05, 0) is 44.8 Å². The quantitative estimate of drug-likeness (QED) is 0.873. The number of nitrogens with one attached hydrogen (secondary N) is 1. The average molecular weight is 260 g/mol. The van der Waals surface area contributed by atoms with Gasteiger partial charge in [0.25, 0.3) is 0 Å². The number of aryl methyl sites for hydroxylation is 1. The van der Waals surface area contributed by atoms with E-state index >= 15 is 0 Å². The van der Waals surface area contributed by atoms with Crippen molar-refractivity contribution in [3.8, 4) is 0 Å². The van der Waals surface area contributed by atoms with Gasteiger partial charge in [-0.3, -0.25) is 4.90 Å². The van der Waals surface area contributed by atoms with Crippen molar-refractivity contribution in [1.82, 2.24) is 10.2 Å². The number of benzene rings is 1. The molecule has 0 spiro atoms. The van der Waals surface area contributed by atoms with E-state index in [-0.39, 0.29) is 0 Å². The zero-order valence-corrected chi connectivity index (χ0v) is 12.8. The molecular formula is C17H28N2. The van der Waals surface area contributed by atoms with E-state index in [0.29, 0.717) is 6.04 Å². The van der Waals surface area contributed by atoms with Crippen LogP contribution in [0.5, 0.6) is 0 Å². The van der Waals surface area contributed by atoms with E-state index < -0.39 is 0 Å². The summed E-state index contributed by atoms with van der Waals surface area (Å²) in [6.07, 6.45) is 2.72. The molecule has 1 fully saturated rings. The Morgan fingerprint density at radius 3 is 2.53 bits per heavy atom. The predicted octanol–water partition coefficient (Wildman–Crippen LogP) is 3.38. The SMILES string of the molecule is CNC(CN1CCCC1C(C)C)c1ccc(C)cc1. The molecule has 2 unspecified atom stereocenters. The van der Waals surface area contributed by atoms with Crippen molar-refractivity contribution in [2.75, 3.05) is 20.1 Å². The van der Waals surface area contributed by atoms with Crippen molar-refractivity contribution in [2.45, 2.75) is 45.7 Å². The summed E-state index contributed by atoms with van der Waals surface area (Å²) in [5.74, 6) is 0.762. The van der Waals surface area contributed by atoms with Gasteiger partial charge in [-0.1, -0.05) is 43.7 Å². The lowest BCUT2D eigenvalue weighted by Gasteiger charge is -2.31. The minimum Gasteiger partial charge on any atom is -0.312 e. The van der Waals surface area contributed by atoms with Crippen LogP contribution >= 0.6 is 0 Å². The van der Waals surface area contributed by atoms with Crippen LogP contribution < -0.4 is 5.32 Å². The van der Waals surface area contributed by atoms with E-state index in [1.807, 2.05) is 0 Å². The van der Waals surface area contributed by atoms with Crippen LogP contribution in [-0.4, -0.2) is 31.1 Å². The van der Waals surface area contributed by atoms with E-state index in [4.69, 9.17) is 0 Å². The van der Waals surface area contributed by atoms with Crippen molar-refractivity contribution in [1.29, 1.82) is 0 Å². The zero-order valence-electron chi connectivity index (χ0n) is 12.8. The molecule has 1 N–H and O–H groups in total. The fourth-order valence-electron chi connectivity index (χ4n) is 3.23. The second-order valence-corrected chi connectivity index (χ2v) is 6.20. The molecule has 2 heteroatoms. The lowest BCUT2D eigenvalue weighted by molar-refractivity contribution is 0.188. The van der Waals surface area contributed by atoms with Crippen LogP contribution in [0.4, 0.5) is 0 Å². The highest BCUT2D eigenvalue weighted by atomic mass is 15.2. The Morgan fingerprint density at radius 1 is 1.26 bits per heavy atom. The molecule has 0 radical (unpaired) electrons. The molecule has 0 aliphatic carbocycles. The maximum absolute atomic E-state index is 3.48. The Labute approximate surface area is 118 Å². The molecule has 2 nitrogen and oxygen atoms in total. The fourth-order valence-corrected chi connectivity index (χ4v) is 3.23. The van der Waals surface area contributed by atoms with Crippen molar-refractivity contribution in [3.05, 3.63) is 35.4 Å². The minimum atomic E-state index is 0.444. The van der Waals surface area contributed by atoms with Crippen LogP contribution in [-0.2, 0) is 0 Å². The van der Waals surface area contributed by atoms with Gasteiger partial charge in [0, 0.05) is 18.6 Å². The third-order valence-corrected chi connectivity index (χ3v) is 4.43. The second kappa shape index (κ2) is 6.53. The number of likely N-dealkylation sites (N-methyl/N-ethyl adjacent to an activating group) is 1. The first-order valence-electron chi connectivity index (χ1n) is 7.59. The molecule has 0 amide bonds. The Bertz CT molecular complexity index is 383. The maximum Gasteiger partial charge on any atom is 0.0446 e. The van der Waals surface area contributed by atoms with E-state index in [1.54, 1.807) is 0 Å². The smallest absolute Gasteiger partial charge is 0.0446 e. The summed E-state index contributed by atoms with van der Waals surface area (Å²) in [6.45, 7) is 9.23. The summed E-state index contributed by atoms with van der Waals surface area (Å²) in [6, 6.07) is 10.2. The van der Waals surface area contributed by atoms with Gasteiger partial charge in [-0.25, -0.2) is 0 Å². The number of nitrogens with zero attached hydrogens (tertiary/aromatic N) is 1. The van der Waals surface area contributed by atoms with Crippen LogP contribution in [0.25, 0.3) is 0 Å². The van der Waals surface area contributed by atoms with Crippen LogP contribution in [0.15, 0.2) is 24.3 Å². The minimum absolute atomic E-state index is 0.444. The van der Waals surface area contributed by atoms with Crippen molar-refractivity contribution < 1.29 is 0 Å². The molecule has 1 heterocycles. The van der Waals surface area contributed by atoms with Crippen molar-refractivity contribution in [3.63, 3.8) is 0 Å². The molecule has 0 aromatic heterocycles. The molecule has 0 bridgehead atoms. The van der Waals surface area contributed by atoms with Crippen LogP contribution in [0.2, 0.25) is 0 Å². The van der Waals surface area contributed by atoms with Gasteiger partial charge in [-0.2, -0.15) is 0 Å². The molecule has 1 aromatic carbocycles. The Kier molecular flexibility index (Phi) is 5.00. The maximum atomic E-state index is 3.48. The van der Waals surface area contributed by atoms with Crippen LogP contribution in [0.3, 0.4) is 0 Å². The molecule has 0 saturated carbocycles. The summed E-state index contributed by atoms with van der Waals surface area (Å²) in [7, 11) is 2.07. The molecule has 2 atom stereocenters. The largest absolute Gasteiger partial charge is 0.312 e. The molecule has 2 rings (SSSR count). The third kappa shape index (κ3) is 3.58. The lowest BCUT2D eigenvalue weighted by atomic mass is 10.00. The number of rotatable bonds is 5. The third-order valence-electron chi connectivity index (χ3n) is 4.43. The Balaban J connectivity index is 2.04. The fraction of sp³-hybridized carbons (Fsp3) is 0.647. The molecule has 1 aliphatic rings. The van der Waals surface area contributed by atoms with E-state index in [0.717, 1.165) is 18.5 Å². The van der Waals surface area contributed by atoms with Gasteiger partial charge in [0.2, 0.25) is 0 Å². The summed E-state index contributed by atoms with van der Waals surface area (Å²) in [4.78, 5) is 2.67. The van der Waals surface area contributed by atoms with Crippen LogP contribution in [0, 0.1) is 12.8 Å². The highest BCUT2D eigenvalue weighted by Gasteiger charge is 2.28. The molecule has 106 valence electrons. The monoisotopic (exact) mass is 260 g/mol. The highest BCUT2D eigenvalue weighted by Crippen LogP contribution is 2.26. The summed E-state index contributed by atoms with van der Waals surface area (Å²) >= 11 is 0. The number of likely N-dealkylation sites (tertiary alicyclic amines) is 1. The van der Waals surface area contributed by atoms with E-state index in [9.17, 15) is 0 Å². The first-order valence-corrected chi connectivity index (χ1v) is 7.59. The van der Waals surface area contributed by atoms with Gasteiger partial charge in [-0.15, -0.1) is 0 Å². The molecular weight excluding hydrogens is 232 g/mol. The first-order chi connectivity index (χ1) is 9.11. The summed E-state index contributed by atoms with van der Waals surface area (Å²) in [5, 5.41) is 3.48. The van der Waals surface area contributed by atoms with Crippen LogP contribution in [0.1, 0.15) is 43.9 Å². The predicted molar refractivity (Wildman–Crippen MR) is 82.4 cm³/mol. The van der Waals surface area contributed by atoms with Gasteiger partial charge < -0.3 is 5.32 Å². The average Bonchev–Trinajstić information content (AvgIpc) is 2.85. The Hall–Kier alpha value is -0.860. The molecule has 1 aliphatic heterocycles. The summed E-state index contributed by atoms with van der Waals surface area (Å²) in [5.41, 5.74) is 2.74. The van der Waals surface area contributed by atoms with Gasteiger partial charge in [0.15, 0.2) is 0 Å². The second-order valence-electron chi connectivity index (χ2n) is 6.20. The molecule has 19 heavy (non-hydrogen) atoms. The standard InChI is InChI=1S/C17H28N2/c1-13(2)17-6-5-11-19(17)12-16(18-4)15-9-7-14(3)8-10-15/h7-10,13,16-18H,5-6,11-12H2,1-4H3. The van der Waals surface area contributed by atoms with E-state index in [2.05, 4.69) is 62.3 Å². The van der Waals surface area contributed by atoms with Crippen molar-refractivity contribution in [2.24, 2.45) is 5.92 Å². The summed E-state index contributed by atoms with van der Waals surface area (Å²) < 4.78 is 0. The first kappa shape index (κ1) is 14.5. The normalized spacial score (nSPS) is 22.1. The molecule has 1 aromatic rings. The Morgan fingerprint density at radius 2 is 1.95 bits per heavy atom. The van der Waals surface area contributed by atoms with Gasteiger partial charge in [0.05, 0.1) is 0 Å². The zero-order chi connectivity index (χ0) is 13.8. The van der Waals surface area contributed by atoms with Gasteiger partial charge in [0.1, 0.15) is 0 Å². The topological polar surface area (TPSA) is 15.3 Å². The van der Waals surface area contributed by atoms with Gasteiger partial charge >= 0.3 is 0 Å². The molecule has 1 saturated heterocycles. The number of hydrogen-bond acceptors (Lipinski definition) is 2. The lowest BCUT2D eigenvalue weighted by Crippen LogP contribution is -2.39. The highest BCUT2D eigenvalue weighted by molar-refractivity contribution is 5.24. The van der Waals surface area contributed by atoms with Crippen molar-refractivity contribution >= 4 is 0 Å².